The van der Waals surface area contributed by atoms with Gasteiger partial charge in [-0.1, -0.05) is 60.1 Å². The molecule has 1 aliphatic carbocycles. The van der Waals surface area contributed by atoms with Crippen molar-refractivity contribution in [3.8, 4) is 0 Å². The van der Waals surface area contributed by atoms with Gasteiger partial charge in [0, 0.05) is 23.6 Å². The van der Waals surface area contributed by atoms with E-state index in [1.807, 2.05) is 30.3 Å². The highest BCUT2D eigenvalue weighted by atomic mass is 35.5. The summed E-state index contributed by atoms with van der Waals surface area (Å²) in [6.07, 6.45) is 1.58. The van der Waals surface area contributed by atoms with Crippen LogP contribution in [-0.4, -0.2) is 27.6 Å². The average molecular weight is 592 g/mol. The minimum absolute atomic E-state index is 0.0748. The number of hydrogen-bond donors (Lipinski definition) is 1. The molecule has 2 N–H and O–H groups in total. The summed E-state index contributed by atoms with van der Waals surface area (Å²) in [5, 5.41) is 0.489. The molecule has 1 fully saturated rings. The van der Waals surface area contributed by atoms with Crippen molar-refractivity contribution in [3.63, 3.8) is 0 Å². The van der Waals surface area contributed by atoms with Crippen LogP contribution in [0.5, 0.6) is 0 Å². The van der Waals surface area contributed by atoms with Crippen LogP contribution >= 0.6 is 11.6 Å². The fraction of sp³-hybridized carbons (Fsp3) is 0.312. The number of hydrogen-bond acceptors (Lipinski definition) is 5. The Morgan fingerprint density at radius 3 is 2.33 bits per heavy atom. The number of ether oxygens (including phenoxy) is 1. The number of carbonyl (C=O) groups is 2. The third-order valence-electron chi connectivity index (χ3n) is 8.24. The summed E-state index contributed by atoms with van der Waals surface area (Å²) in [4.78, 5) is 52.7. The van der Waals surface area contributed by atoms with E-state index in [4.69, 9.17) is 22.1 Å². The molecule has 3 aromatic carbocycles. The van der Waals surface area contributed by atoms with Crippen LogP contribution in [0.25, 0.3) is 10.9 Å². The van der Waals surface area contributed by atoms with Gasteiger partial charge in [-0.05, 0) is 61.4 Å². The van der Waals surface area contributed by atoms with Crippen LogP contribution in [0.3, 0.4) is 0 Å². The summed E-state index contributed by atoms with van der Waals surface area (Å²) in [7, 11) is 0. The molecule has 5 rings (SSSR count). The second-order valence-corrected chi connectivity index (χ2v) is 11.2. The molecule has 0 aliphatic heterocycles. The summed E-state index contributed by atoms with van der Waals surface area (Å²) in [5.41, 5.74) is 4.74. The first-order valence-corrected chi connectivity index (χ1v) is 14.3. The lowest BCUT2D eigenvalue weighted by atomic mass is 9.70. The van der Waals surface area contributed by atoms with E-state index in [0.29, 0.717) is 30.2 Å². The van der Waals surface area contributed by atoms with Gasteiger partial charge >= 0.3 is 11.7 Å². The number of halogens is 2. The molecule has 10 heteroatoms. The maximum Gasteiger partial charge on any atom is 0.331 e. The Bertz CT molecular complexity index is 1720. The lowest BCUT2D eigenvalue weighted by Crippen LogP contribution is -2.48. The van der Waals surface area contributed by atoms with E-state index in [-0.39, 0.29) is 49.0 Å². The fourth-order valence-corrected chi connectivity index (χ4v) is 5.96. The van der Waals surface area contributed by atoms with Crippen molar-refractivity contribution in [1.29, 1.82) is 0 Å². The van der Waals surface area contributed by atoms with Crippen LogP contribution in [0.15, 0.2) is 82.4 Å². The molecule has 0 saturated heterocycles. The van der Waals surface area contributed by atoms with Gasteiger partial charge in [-0.3, -0.25) is 23.5 Å². The molecule has 1 amide bonds. The Morgan fingerprint density at radius 1 is 0.952 bits per heavy atom. The second-order valence-electron chi connectivity index (χ2n) is 10.8. The molecule has 1 aliphatic rings. The van der Waals surface area contributed by atoms with Gasteiger partial charge in [0.05, 0.1) is 24.1 Å². The third-order valence-corrected chi connectivity index (χ3v) is 8.59. The molecule has 0 bridgehead atoms. The Balaban J connectivity index is 1.36. The number of esters is 1. The minimum atomic E-state index is -1.46. The van der Waals surface area contributed by atoms with Gasteiger partial charge in [-0.25, -0.2) is 9.18 Å². The molecule has 0 radical (unpaired) electrons. The van der Waals surface area contributed by atoms with E-state index in [1.165, 1.54) is 16.7 Å². The molecule has 42 heavy (non-hydrogen) atoms. The van der Waals surface area contributed by atoms with E-state index in [2.05, 4.69) is 0 Å². The number of primary amides is 1. The standard InChI is InChI=1S/C32H31ClFN3O5/c33-25-10-6-11-26(34)24(25)20-36-27-12-5-4-9-23(27)28(38)37(31(36)41)19-22-13-16-32(17-14-22,29(35)39)30(40)42-18-15-21-7-2-1-3-8-21/h1-12,22H,13-20H2,(H2,35,39). The zero-order valence-corrected chi connectivity index (χ0v) is 23.7. The largest absolute Gasteiger partial charge is 0.465 e. The van der Waals surface area contributed by atoms with Gasteiger partial charge in [0.15, 0.2) is 0 Å². The van der Waals surface area contributed by atoms with Gasteiger partial charge < -0.3 is 10.5 Å². The van der Waals surface area contributed by atoms with E-state index in [1.54, 1.807) is 30.3 Å². The lowest BCUT2D eigenvalue weighted by Gasteiger charge is -2.35. The molecule has 0 unspecified atom stereocenters. The van der Waals surface area contributed by atoms with Crippen molar-refractivity contribution in [3.05, 3.63) is 116 Å². The Labute approximate surface area is 246 Å². The number of benzene rings is 3. The third kappa shape index (κ3) is 5.74. The summed E-state index contributed by atoms with van der Waals surface area (Å²) in [5.74, 6) is -2.11. The van der Waals surface area contributed by atoms with Crippen LogP contribution in [0, 0.1) is 17.2 Å². The molecular formula is C32H31ClFN3O5. The van der Waals surface area contributed by atoms with Crippen LogP contribution in [0.2, 0.25) is 5.02 Å². The van der Waals surface area contributed by atoms with E-state index in [9.17, 15) is 23.6 Å². The molecule has 8 nitrogen and oxygen atoms in total. The molecule has 4 aromatic rings. The summed E-state index contributed by atoms with van der Waals surface area (Å²) < 4.78 is 22.6. The molecule has 218 valence electrons. The summed E-state index contributed by atoms with van der Waals surface area (Å²) in [6.45, 7) is 0.0418. The van der Waals surface area contributed by atoms with Gasteiger partial charge in [0.1, 0.15) is 11.2 Å². The van der Waals surface area contributed by atoms with Gasteiger partial charge in [-0.15, -0.1) is 0 Å². The first-order valence-electron chi connectivity index (χ1n) is 13.9. The first kappa shape index (κ1) is 29.3. The fourth-order valence-electron chi connectivity index (χ4n) is 5.73. The lowest BCUT2D eigenvalue weighted by molar-refractivity contribution is -0.163. The van der Waals surface area contributed by atoms with Crippen molar-refractivity contribution in [1.82, 2.24) is 9.13 Å². The van der Waals surface area contributed by atoms with Crippen LogP contribution in [-0.2, 0) is 33.8 Å². The smallest absolute Gasteiger partial charge is 0.331 e. The highest BCUT2D eigenvalue weighted by Crippen LogP contribution is 2.40. The predicted molar refractivity (Wildman–Crippen MR) is 158 cm³/mol. The molecule has 1 aromatic heterocycles. The minimum Gasteiger partial charge on any atom is -0.465 e. The van der Waals surface area contributed by atoms with E-state index >= 15 is 0 Å². The monoisotopic (exact) mass is 591 g/mol. The maximum atomic E-state index is 14.6. The topological polar surface area (TPSA) is 113 Å². The molecule has 0 atom stereocenters. The maximum absolute atomic E-state index is 14.6. The number of nitrogens with zero attached hydrogens (tertiary/aromatic N) is 2. The number of amides is 1. The molecule has 1 heterocycles. The number of para-hydroxylation sites is 1. The number of nitrogens with two attached hydrogens (primary N) is 1. The van der Waals surface area contributed by atoms with Crippen molar-refractivity contribution < 1.29 is 18.7 Å². The molecule has 1 saturated carbocycles. The van der Waals surface area contributed by atoms with Crippen molar-refractivity contribution in [2.75, 3.05) is 6.61 Å². The summed E-state index contributed by atoms with van der Waals surface area (Å²) >= 11 is 6.25. The quantitative estimate of drug-likeness (QED) is 0.228. The predicted octanol–water partition coefficient (Wildman–Crippen LogP) is 4.45. The number of carbonyl (C=O) groups excluding carboxylic acids is 2. The highest BCUT2D eigenvalue weighted by Gasteiger charge is 2.48. The second kappa shape index (κ2) is 12.3. The van der Waals surface area contributed by atoms with E-state index in [0.717, 1.165) is 10.1 Å². The average Bonchev–Trinajstić information content (AvgIpc) is 2.99. The van der Waals surface area contributed by atoms with Gasteiger partial charge in [0.25, 0.3) is 5.56 Å². The van der Waals surface area contributed by atoms with Crippen molar-refractivity contribution in [2.45, 2.75) is 45.2 Å². The SMILES string of the molecule is NC(=O)C1(C(=O)OCCc2ccccc2)CCC(Cn2c(=O)c3ccccc3n(Cc3c(F)cccc3Cl)c2=O)CC1. The number of fused-ring (bicyclic) bond motifs is 1. The Kier molecular flexibility index (Phi) is 8.59. The Hall–Kier alpha value is -4.24. The van der Waals surface area contributed by atoms with E-state index < -0.39 is 34.4 Å². The zero-order valence-electron chi connectivity index (χ0n) is 22.9. The molecule has 0 spiro atoms. The summed E-state index contributed by atoms with van der Waals surface area (Å²) in [6, 6.07) is 20.5. The number of rotatable bonds is 9. The van der Waals surface area contributed by atoms with Gasteiger partial charge in [0.2, 0.25) is 5.91 Å². The molecular weight excluding hydrogens is 561 g/mol. The van der Waals surface area contributed by atoms with Crippen LogP contribution in [0.4, 0.5) is 4.39 Å². The van der Waals surface area contributed by atoms with Gasteiger partial charge in [-0.2, -0.15) is 0 Å². The van der Waals surface area contributed by atoms with Crippen molar-refractivity contribution in [2.24, 2.45) is 17.1 Å². The highest BCUT2D eigenvalue weighted by molar-refractivity contribution is 6.31. The Morgan fingerprint density at radius 2 is 1.64 bits per heavy atom. The number of aromatic nitrogens is 2. The van der Waals surface area contributed by atoms with Crippen LogP contribution in [0.1, 0.15) is 36.8 Å². The first-order chi connectivity index (χ1) is 20.2. The normalized spacial score (nSPS) is 18.6. The zero-order chi connectivity index (χ0) is 29.9. The van der Waals surface area contributed by atoms with Crippen LogP contribution < -0.4 is 17.0 Å². The van der Waals surface area contributed by atoms with Crippen molar-refractivity contribution >= 4 is 34.4 Å².